The van der Waals surface area contributed by atoms with E-state index in [0.717, 1.165) is 31.3 Å². The summed E-state index contributed by atoms with van der Waals surface area (Å²) in [5.74, 6) is -0.230. The first kappa shape index (κ1) is 30.5. The number of hydrogen-bond donors (Lipinski definition) is 4. The second kappa shape index (κ2) is 9.97. The summed E-state index contributed by atoms with van der Waals surface area (Å²) < 4.78 is 6.06. The van der Waals surface area contributed by atoms with E-state index in [1.165, 1.54) is 5.56 Å². The predicted octanol–water partition coefficient (Wildman–Crippen LogP) is 5.00. The van der Waals surface area contributed by atoms with Crippen LogP contribution in [0.3, 0.4) is 0 Å². The van der Waals surface area contributed by atoms with Gasteiger partial charge in [-0.15, -0.1) is 0 Å². The van der Waals surface area contributed by atoms with Gasteiger partial charge in [-0.1, -0.05) is 58.0 Å². The Kier molecular flexibility index (Phi) is 7.23. The second-order valence-electron chi connectivity index (χ2n) is 15.9. The van der Waals surface area contributed by atoms with Crippen molar-refractivity contribution >= 4 is 5.78 Å². The van der Waals surface area contributed by atoms with Crippen LogP contribution < -0.4 is 0 Å². The first-order valence-electron chi connectivity index (χ1n) is 16.4. The largest absolute Gasteiger partial charge is 0.393 e. The summed E-state index contributed by atoms with van der Waals surface area (Å²) in [6.45, 7) is 11.9. The highest BCUT2D eigenvalue weighted by atomic mass is 16.6. The lowest BCUT2D eigenvalue weighted by Crippen LogP contribution is -2.63. The Morgan fingerprint density at radius 3 is 2.40 bits per heavy atom. The van der Waals surface area contributed by atoms with E-state index in [-0.39, 0.29) is 40.8 Å². The summed E-state index contributed by atoms with van der Waals surface area (Å²) in [5.41, 5.74) is -2.36. The number of aliphatic hydroxyl groups excluding tert-OH is 1. The van der Waals surface area contributed by atoms with Crippen LogP contribution in [-0.4, -0.2) is 61.3 Å². The zero-order chi connectivity index (χ0) is 30.5. The van der Waals surface area contributed by atoms with Gasteiger partial charge in [0.1, 0.15) is 12.2 Å². The van der Waals surface area contributed by atoms with E-state index in [0.29, 0.717) is 25.7 Å². The van der Waals surface area contributed by atoms with Crippen LogP contribution in [0, 0.1) is 40.4 Å². The van der Waals surface area contributed by atoms with Gasteiger partial charge in [0.25, 0.3) is 0 Å². The molecule has 6 heteroatoms. The van der Waals surface area contributed by atoms with Crippen molar-refractivity contribution in [3.63, 3.8) is 0 Å². The highest BCUT2D eigenvalue weighted by Crippen LogP contribution is 2.71. The molecule has 1 saturated heterocycles. The van der Waals surface area contributed by atoms with Crippen LogP contribution in [0.25, 0.3) is 0 Å². The minimum Gasteiger partial charge on any atom is -0.393 e. The van der Waals surface area contributed by atoms with Gasteiger partial charge in [0, 0.05) is 11.3 Å². The van der Waals surface area contributed by atoms with Crippen LogP contribution >= 0.6 is 0 Å². The smallest absolute Gasteiger partial charge is 0.159 e. The number of hydrogen-bond acceptors (Lipinski definition) is 6. The van der Waals surface area contributed by atoms with Crippen molar-refractivity contribution in [2.24, 2.45) is 40.4 Å². The highest BCUT2D eigenvalue weighted by Gasteiger charge is 2.73. The lowest BCUT2D eigenvalue weighted by molar-refractivity contribution is -0.165. The van der Waals surface area contributed by atoms with Crippen molar-refractivity contribution in [2.75, 3.05) is 0 Å². The molecule has 3 saturated carbocycles. The zero-order valence-corrected chi connectivity index (χ0v) is 26.3. The van der Waals surface area contributed by atoms with E-state index in [2.05, 4.69) is 38.1 Å². The van der Waals surface area contributed by atoms with Gasteiger partial charge in [-0.05, 0) is 112 Å². The van der Waals surface area contributed by atoms with Gasteiger partial charge in [-0.3, -0.25) is 4.79 Å². The Labute approximate surface area is 251 Å². The molecule has 4 aliphatic carbocycles. The van der Waals surface area contributed by atoms with Crippen LogP contribution in [0.5, 0.6) is 0 Å². The van der Waals surface area contributed by atoms with Crippen LogP contribution in [0.4, 0.5) is 0 Å². The number of carbonyl (C=O) groups excluding carboxylic acids is 1. The van der Waals surface area contributed by atoms with E-state index >= 15 is 0 Å². The molecule has 6 rings (SSSR count). The number of aliphatic hydroxyl groups is 4. The number of epoxide rings is 1. The molecular weight excluding hydrogens is 528 g/mol. The Hall–Kier alpha value is -1.57. The van der Waals surface area contributed by atoms with Crippen molar-refractivity contribution in [3.05, 3.63) is 47.5 Å². The number of fused-ring (bicyclic) bond motifs is 5. The summed E-state index contributed by atoms with van der Waals surface area (Å²) in [6.07, 6.45) is 5.97. The van der Waals surface area contributed by atoms with E-state index < -0.39 is 40.5 Å². The Balaban J connectivity index is 1.39. The molecule has 12 atom stereocenters. The summed E-state index contributed by atoms with van der Waals surface area (Å²) in [4.78, 5) is 13.8. The van der Waals surface area contributed by atoms with Gasteiger partial charge in [0.15, 0.2) is 5.78 Å². The topological polar surface area (TPSA) is 111 Å². The predicted molar refractivity (Wildman–Crippen MR) is 161 cm³/mol. The number of ether oxygens (including phenoxy) is 1. The monoisotopic (exact) mass is 580 g/mol. The molecule has 0 spiro atoms. The summed E-state index contributed by atoms with van der Waals surface area (Å²) >= 11 is 0. The number of carbonyl (C=O) groups is 1. The minimum absolute atomic E-state index is 0.0293. The maximum atomic E-state index is 13.8. The molecule has 1 aliphatic heterocycles. The fraction of sp³-hybridized carbons (Fsp3) is 0.750. The molecule has 1 aromatic rings. The molecule has 0 aromatic heterocycles. The van der Waals surface area contributed by atoms with Gasteiger partial charge in [-0.25, -0.2) is 0 Å². The Morgan fingerprint density at radius 2 is 1.74 bits per heavy atom. The number of rotatable bonds is 7. The third kappa shape index (κ3) is 4.34. The second-order valence-corrected chi connectivity index (χ2v) is 15.9. The van der Waals surface area contributed by atoms with Gasteiger partial charge < -0.3 is 25.2 Å². The number of aryl methyl sites for hydroxylation is 1. The standard InChI is InChI=1S/C36H52O6/c1-21(2)34(5,39)30-31(42-30)35(6,40)28-15-17-36(41)26-19-27(38)25-18-24(37)14-16-32(25,3)29(26)23(20-33(28,36)4)13-12-22-10-8-7-9-11-22/h7-11,19,21,23-25,28-31,37,39-41H,12-18,20H2,1-6H3/t23-,24-,25-,28-,29-,30-,31-,32-,33+,34+,35+,36+/m0/s1. The van der Waals surface area contributed by atoms with Crippen LogP contribution in [0.15, 0.2) is 42.0 Å². The number of benzene rings is 1. The molecule has 232 valence electrons. The lowest BCUT2D eigenvalue weighted by Gasteiger charge is -2.63. The third-order valence-electron chi connectivity index (χ3n) is 13.3. The quantitative estimate of drug-likeness (QED) is 0.338. The highest BCUT2D eigenvalue weighted by molar-refractivity contribution is 5.95. The molecule has 0 amide bonds. The normalized spacial score (nSPS) is 45.7. The molecule has 5 aliphatic rings. The Bertz CT molecular complexity index is 1240. The van der Waals surface area contributed by atoms with Gasteiger partial charge in [0.2, 0.25) is 0 Å². The van der Waals surface area contributed by atoms with Crippen LogP contribution in [0.1, 0.15) is 92.1 Å². The molecule has 1 heterocycles. The van der Waals surface area contributed by atoms with Crippen molar-refractivity contribution in [1.82, 2.24) is 0 Å². The van der Waals surface area contributed by atoms with Crippen molar-refractivity contribution in [1.29, 1.82) is 0 Å². The molecule has 6 nitrogen and oxygen atoms in total. The first-order valence-corrected chi connectivity index (χ1v) is 16.4. The summed E-state index contributed by atoms with van der Waals surface area (Å²) in [5, 5.41) is 46.8. The van der Waals surface area contributed by atoms with E-state index in [4.69, 9.17) is 4.74 Å². The SMILES string of the molecule is CC(C)[C@@](C)(O)[C@H]1O[C@@H]1[C@](C)(O)[C@H]1CC[C@@]2(O)C3=CC(=O)[C@@H]4C[C@@H](O)CC[C@]4(C)[C@H]3[C@@H](CCc3ccccc3)C[C@]12C. The van der Waals surface area contributed by atoms with Crippen molar-refractivity contribution in [2.45, 2.75) is 128 Å². The fourth-order valence-corrected chi connectivity index (χ4v) is 10.4. The molecule has 0 unspecified atom stereocenters. The van der Waals surface area contributed by atoms with Crippen LogP contribution in [0.2, 0.25) is 0 Å². The van der Waals surface area contributed by atoms with E-state index in [1.807, 2.05) is 26.8 Å². The molecule has 0 radical (unpaired) electrons. The van der Waals surface area contributed by atoms with Gasteiger partial charge >= 0.3 is 0 Å². The fourth-order valence-electron chi connectivity index (χ4n) is 10.4. The average molecular weight is 581 g/mol. The number of allylic oxidation sites excluding steroid dienone is 1. The van der Waals surface area contributed by atoms with E-state index in [1.54, 1.807) is 13.0 Å². The average Bonchev–Trinajstić information content (AvgIpc) is 3.70. The maximum Gasteiger partial charge on any atom is 0.159 e. The summed E-state index contributed by atoms with van der Waals surface area (Å²) in [7, 11) is 0. The molecule has 42 heavy (non-hydrogen) atoms. The zero-order valence-electron chi connectivity index (χ0n) is 26.3. The first-order chi connectivity index (χ1) is 19.6. The third-order valence-corrected chi connectivity index (χ3v) is 13.3. The molecule has 4 N–H and O–H groups in total. The maximum absolute atomic E-state index is 13.8. The summed E-state index contributed by atoms with van der Waals surface area (Å²) in [6, 6.07) is 10.5. The molecular formula is C36H52O6. The minimum atomic E-state index is -1.25. The van der Waals surface area contributed by atoms with Crippen molar-refractivity contribution < 1.29 is 30.0 Å². The molecule has 0 bridgehead atoms. The Morgan fingerprint density at radius 1 is 1.05 bits per heavy atom. The number of ketones is 1. The molecule has 4 fully saturated rings. The van der Waals surface area contributed by atoms with Crippen molar-refractivity contribution in [3.8, 4) is 0 Å². The lowest BCUT2D eigenvalue weighted by atomic mass is 9.43. The van der Waals surface area contributed by atoms with Gasteiger partial charge in [0.05, 0.1) is 22.9 Å². The molecule has 1 aromatic carbocycles. The van der Waals surface area contributed by atoms with E-state index in [9.17, 15) is 25.2 Å². The van der Waals surface area contributed by atoms with Crippen LogP contribution in [-0.2, 0) is 16.0 Å². The van der Waals surface area contributed by atoms with Gasteiger partial charge in [-0.2, -0.15) is 0 Å².